The number of aliphatic hydroxyl groups excluding tert-OH is 1. The summed E-state index contributed by atoms with van der Waals surface area (Å²) in [6.07, 6.45) is 5.19. The highest BCUT2D eigenvalue weighted by Gasteiger charge is 2.40. The first kappa shape index (κ1) is 15.0. The van der Waals surface area contributed by atoms with Gasteiger partial charge in [-0.05, 0) is 51.1 Å². The third kappa shape index (κ3) is 3.47. The summed E-state index contributed by atoms with van der Waals surface area (Å²) >= 11 is 0. The molecule has 2 aliphatic carbocycles. The van der Waals surface area contributed by atoms with Gasteiger partial charge in [0.25, 0.3) is 0 Å². The van der Waals surface area contributed by atoms with Crippen LogP contribution in [0.3, 0.4) is 0 Å². The topological polar surface area (TPSA) is 35.5 Å². The lowest BCUT2D eigenvalue weighted by Crippen LogP contribution is -2.55. The van der Waals surface area contributed by atoms with Gasteiger partial charge in [-0.2, -0.15) is 0 Å². The summed E-state index contributed by atoms with van der Waals surface area (Å²) in [4.78, 5) is 2.43. The molecule has 0 aliphatic heterocycles. The molecule has 3 rings (SSSR count). The molecule has 2 saturated carbocycles. The standard InChI is InChI=1S/C18H28N2O/c1-14(15-8-9-15)20(2)12-18(13-21,19-17-10-11-17)16-6-4-3-5-7-16/h3-7,14-15,17,19,21H,8-13H2,1-2H3. The average molecular weight is 288 g/mol. The van der Waals surface area contributed by atoms with Crippen molar-refractivity contribution in [2.45, 2.75) is 50.2 Å². The van der Waals surface area contributed by atoms with Crippen LogP contribution in [0, 0.1) is 5.92 Å². The Morgan fingerprint density at radius 1 is 1.24 bits per heavy atom. The zero-order valence-corrected chi connectivity index (χ0v) is 13.3. The molecule has 0 spiro atoms. The predicted molar refractivity (Wildman–Crippen MR) is 86.2 cm³/mol. The van der Waals surface area contributed by atoms with E-state index in [1.807, 2.05) is 6.07 Å². The van der Waals surface area contributed by atoms with Gasteiger partial charge in [0.05, 0.1) is 12.1 Å². The van der Waals surface area contributed by atoms with Crippen molar-refractivity contribution in [2.24, 2.45) is 5.92 Å². The maximum Gasteiger partial charge on any atom is 0.0799 e. The zero-order chi connectivity index (χ0) is 14.9. The molecule has 2 fully saturated rings. The molecule has 116 valence electrons. The number of hydrogen-bond donors (Lipinski definition) is 2. The first-order valence-electron chi connectivity index (χ1n) is 8.29. The molecule has 0 bridgehead atoms. The molecular weight excluding hydrogens is 260 g/mol. The first-order chi connectivity index (χ1) is 10.1. The Labute approximate surface area is 128 Å². The molecule has 2 N–H and O–H groups in total. The van der Waals surface area contributed by atoms with Crippen LogP contribution in [-0.4, -0.2) is 42.3 Å². The lowest BCUT2D eigenvalue weighted by atomic mass is 9.89. The second-order valence-corrected chi connectivity index (χ2v) is 7.02. The summed E-state index contributed by atoms with van der Waals surface area (Å²) in [7, 11) is 2.20. The van der Waals surface area contributed by atoms with Crippen LogP contribution in [0.5, 0.6) is 0 Å². The summed E-state index contributed by atoms with van der Waals surface area (Å²) in [6.45, 7) is 3.33. The van der Waals surface area contributed by atoms with E-state index in [1.165, 1.54) is 31.2 Å². The fraction of sp³-hybridized carbons (Fsp3) is 0.667. The summed E-state index contributed by atoms with van der Waals surface area (Å²) in [6, 6.07) is 11.6. The van der Waals surface area contributed by atoms with Gasteiger partial charge in [-0.25, -0.2) is 0 Å². The van der Waals surface area contributed by atoms with Crippen LogP contribution in [0.25, 0.3) is 0 Å². The molecule has 3 nitrogen and oxygen atoms in total. The smallest absolute Gasteiger partial charge is 0.0799 e. The number of rotatable bonds is 8. The van der Waals surface area contributed by atoms with Crippen molar-refractivity contribution in [3.63, 3.8) is 0 Å². The van der Waals surface area contributed by atoms with Crippen LogP contribution in [-0.2, 0) is 5.54 Å². The Balaban J connectivity index is 1.80. The summed E-state index contributed by atoms with van der Waals surface area (Å²) in [5.41, 5.74) is 0.870. The monoisotopic (exact) mass is 288 g/mol. The Morgan fingerprint density at radius 3 is 2.43 bits per heavy atom. The van der Waals surface area contributed by atoms with E-state index in [0.717, 1.165) is 12.5 Å². The van der Waals surface area contributed by atoms with Gasteiger partial charge < -0.3 is 15.3 Å². The minimum atomic E-state index is -0.333. The summed E-state index contributed by atoms with van der Waals surface area (Å²) < 4.78 is 0. The lowest BCUT2D eigenvalue weighted by Gasteiger charge is -2.39. The van der Waals surface area contributed by atoms with Gasteiger partial charge in [0, 0.05) is 18.6 Å². The van der Waals surface area contributed by atoms with Crippen molar-refractivity contribution in [1.29, 1.82) is 0 Å². The van der Waals surface area contributed by atoms with Crippen LogP contribution < -0.4 is 5.32 Å². The number of likely N-dealkylation sites (N-methyl/N-ethyl adjacent to an activating group) is 1. The van der Waals surface area contributed by atoms with Crippen LogP contribution in [0.2, 0.25) is 0 Å². The Kier molecular flexibility index (Phi) is 4.34. The Hall–Kier alpha value is -0.900. The minimum Gasteiger partial charge on any atom is -0.394 e. The quantitative estimate of drug-likeness (QED) is 0.771. The third-order valence-electron chi connectivity index (χ3n) is 5.17. The van der Waals surface area contributed by atoms with Gasteiger partial charge in [0.2, 0.25) is 0 Å². The number of benzene rings is 1. The molecule has 0 radical (unpaired) electrons. The number of hydrogen-bond acceptors (Lipinski definition) is 3. The highest BCUT2D eigenvalue weighted by Crippen LogP contribution is 2.36. The molecule has 0 saturated heterocycles. The normalized spacial score (nSPS) is 23.0. The van der Waals surface area contributed by atoms with Crippen molar-refractivity contribution in [1.82, 2.24) is 10.2 Å². The molecular formula is C18H28N2O. The Bertz CT molecular complexity index is 456. The van der Waals surface area contributed by atoms with E-state index in [2.05, 4.69) is 48.5 Å². The van der Waals surface area contributed by atoms with Crippen molar-refractivity contribution in [3.05, 3.63) is 35.9 Å². The number of nitrogens with zero attached hydrogens (tertiary/aromatic N) is 1. The predicted octanol–water partition coefficient (Wildman–Crippen LogP) is 2.36. The number of nitrogens with one attached hydrogen (secondary N) is 1. The molecule has 2 atom stereocenters. The van der Waals surface area contributed by atoms with Crippen molar-refractivity contribution >= 4 is 0 Å². The van der Waals surface area contributed by atoms with Crippen LogP contribution in [0.1, 0.15) is 38.2 Å². The molecule has 21 heavy (non-hydrogen) atoms. The van der Waals surface area contributed by atoms with Gasteiger partial charge in [-0.3, -0.25) is 0 Å². The molecule has 2 aliphatic rings. The van der Waals surface area contributed by atoms with E-state index in [9.17, 15) is 5.11 Å². The molecule has 1 aromatic rings. The molecule has 0 amide bonds. The fourth-order valence-electron chi connectivity index (χ4n) is 3.29. The van der Waals surface area contributed by atoms with E-state index in [-0.39, 0.29) is 12.1 Å². The van der Waals surface area contributed by atoms with Crippen molar-refractivity contribution in [2.75, 3.05) is 20.2 Å². The van der Waals surface area contributed by atoms with Gasteiger partial charge in [0.1, 0.15) is 0 Å². The second-order valence-electron chi connectivity index (χ2n) is 7.02. The van der Waals surface area contributed by atoms with E-state index in [1.54, 1.807) is 0 Å². The molecule has 1 aromatic carbocycles. The zero-order valence-electron chi connectivity index (χ0n) is 13.3. The van der Waals surface area contributed by atoms with E-state index in [0.29, 0.717) is 12.1 Å². The van der Waals surface area contributed by atoms with Gasteiger partial charge in [-0.15, -0.1) is 0 Å². The molecule has 3 heteroatoms. The minimum absolute atomic E-state index is 0.148. The van der Waals surface area contributed by atoms with Crippen LogP contribution in [0.15, 0.2) is 30.3 Å². The van der Waals surface area contributed by atoms with Crippen molar-refractivity contribution < 1.29 is 5.11 Å². The molecule has 0 aromatic heterocycles. The highest BCUT2D eigenvalue weighted by atomic mass is 16.3. The van der Waals surface area contributed by atoms with Gasteiger partial charge in [-0.1, -0.05) is 30.3 Å². The first-order valence-corrected chi connectivity index (χ1v) is 8.29. The SMILES string of the molecule is CC(C1CC1)N(C)CC(CO)(NC1CC1)c1ccccc1. The maximum absolute atomic E-state index is 10.2. The lowest BCUT2D eigenvalue weighted by molar-refractivity contribution is 0.0951. The second kappa shape index (κ2) is 6.07. The van der Waals surface area contributed by atoms with Gasteiger partial charge >= 0.3 is 0 Å². The van der Waals surface area contributed by atoms with E-state index >= 15 is 0 Å². The molecule has 0 heterocycles. The molecule has 2 unspecified atom stereocenters. The van der Waals surface area contributed by atoms with Crippen molar-refractivity contribution in [3.8, 4) is 0 Å². The van der Waals surface area contributed by atoms with Crippen LogP contribution >= 0.6 is 0 Å². The maximum atomic E-state index is 10.2. The summed E-state index contributed by atoms with van der Waals surface area (Å²) in [5.74, 6) is 0.850. The van der Waals surface area contributed by atoms with Crippen LogP contribution in [0.4, 0.5) is 0 Å². The fourth-order valence-corrected chi connectivity index (χ4v) is 3.29. The van der Waals surface area contributed by atoms with Gasteiger partial charge in [0.15, 0.2) is 0 Å². The Morgan fingerprint density at radius 2 is 1.90 bits per heavy atom. The largest absolute Gasteiger partial charge is 0.394 e. The van der Waals surface area contributed by atoms with E-state index < -0.39 is 0 Å². The third-order valence-corrected chi connectivity index (χ3v) is 5.17. The summed E-state index contributed by atoms with van der Waals surface area (Å²) in [5, 5.41) is 13.9. The number of aliphatic hydroxyl groups is 1. The highest BCUT2D eigenvalue weighted by molar-refractivity contribution is 5.26. The van der Waals surface area contributed by atoms with E-state index in [4.69, 9.17) is 0 Å². The average Bonchev–Trinajstić information content (AvgIpc) is 3.39.